The molecule has 0 spiro atoms. The number of rotatable bonds is 9. The first-order valence-electron chi connectivity index (χ1n) is 12.6. The summed E-state index contributed by atoms with van der Waals surface area (Å²) in [7, 11) is -4.27. The molecule has 0 amide bonds. The average molecular weight is 575 g/mol. The minimum atomic E-state index is -4.72. The predicted octanol–water partition coefficient (Wildman–Crippen LogP) is 3.91. The number of aromatic nitrogens is 2. The van der Waals surface area contributed by atoms with Crippen LogP contribution in [0.1, 0.15) is 50.0 Å². The first kappa shape index (κ1) is 27.8. The summed E-state index contributed by atoms with van der Waals surface area (Å²) in [5.41, 5.74) is 0.492. The standard InChI is InChI=1S/C25H27F5N4O4S/c1-14-20(27)11-21(34(14)39(36,37)19-7-4-16(26)5-8-19)22(35)9-6-17-10-23(32-24(31-17)15-2-3-15)33-12-18(13-33)38-25(28,29)30/h4-5,7-8,10,14-15,18,20-21H,2-3,6,9,11-13H2,1H3/t14-,20+,21-/m0/s1. The van der Waals surface area contributed by atoms with Gasteiger partial charge in [-0.25, -0.2) is 27.2 Å². The van der Waals surface area contributed by atoms with Gasteiger partial charge < -0.3 is 4.90 Å². The number of benzene rings is 1. The zero-order chi connectivity index (χ0) is 28.1. The Morgan fingerprint density at radius 2 is 1.79 bits per heavy atom. The van der Waals surface area contributed by atoms with Gasteiger partial charge in [0.05, 0.1) is 17.0 Å². The van der Waals surface area contributed by atoms with Crippen LogP contribution in [-0.2, 0) is 26.0 Å². The summed E-state index contributed by atoms with van der Waals surface area (Å²) in [5, 5.41) is 0. The molecule has 0 bridgehead atoms. The maximum absolute atomic E-state index is 14.7. The van der Waals surface area contributed by atoms with Crippen molar-refractivity contribution in [2.45, 2.75) is 80.6 Å². The lowest BCUT2D eigenvalue weighted by Crippen LogP contribution is -2.54. The van der Waals surface area contributed by atoms with Gasteiger partial charge in [-0.15, -0.1) is 13.2 Å². The molecule has 0 radical (unpaired) electrons. The third-order valence-electron chi connectivity index (χ3n) is 7.27. The highest BCUT2D eigenvalue weighted by Gasteiger charge is 2.49. The maximum atomic E-state index is 14.7. The van der Waals surface area contributed by atoms with Crippen molar-refractivity contribution in [1.82, 2.24) is 14.3 Å². The minimum Gasteiger partial charge on any atom is -0.351 e. The van der Waals surface area contributed by atoms with E-state index < -0.39 is 52.3 Å². The van der Waals surface area contributed by atoms with Gasteiger partial charge >= 0.3 is 6.36 Å². The van der Waals surface area contributed by atoms with E-state index in [2.05, 4.69) is 14.7 Å². The predicted molar refractivity (Wildman–Crippen MR) is 129 cm³/mol. The van der Waals surface area contributed by atoms with E-state index in [1.165, 1.54) is 6.92 Å². The minimum absolute atomic E-state index is 0.00700. The molecule has 1 aromatic carbocycles. The summed E-state index contributed by atoms with van der Waals surface area (Å²) in [4.78, 5) is 23.6. The number of Topliss-reactive ketones (excluding diaryl/α,β-unsaturated/α-hetero) is 1. The molecular formula is C25H27F5N4O4S. The number of hydrogen-bond acceptors (Lipinski definition) is 7. The van der Waals surface area contributed by atoms with Gasteiger partial charge in [-0.1, -0.05) is 0 Å². The second-order valence-electron chi connectivity index (χ2n) is 10.2. The van der Waals surface area contributed by atoms with Crippen molar-refractivity contribution in [3.05, 3.63) is 47.7 Å². The summed E-state index contributed by atoms with van der Waals surface area (Å²) in [5.74, 6) is 0.0191. The summed E-state index contributed by atoms with van der Waals surface area (Å²) in [6.07, 6.45) is -5.80. The number of carbonyl (C=O) groups excluding carboxylic acids is 1. The van der Waals surface area contributed by atoms with E-state index in [1.54, 1.807) is 11.0 Å². The second-order valence-corrected chi connectivity index (χ2v) is 12.0. The molecule has 1 aliphatic carbocycles. The molecule has 2 saturated heterocycles. The second kappa shape index (κ2) is 10.4. The highest BCUT2D eigenvalue weighted by atomic mass is 32.2. The Morgan fingerprint density at radius 3 is 2.41 bits per heavy atom. The topological polar surface area (TPSA) is 92.7 Å². The van der Waals surface area contributed by atoms with Crippen molar-refractivity contribution in [3.8, 4) is 0 Å². The van der Waals surface area contributed by atoms with Crippen LogP contribution in [0.3, 0.4) is 0 Å². The molecule has 3 heterocycles. The Hall–Kier alpha value is -2.71. The van der Waals surface area contributed by atoms with Gasteiger partial charge in [-0.2, -0.15) is 4.31 Å². The lowest BCUT2D eigenvalue weighted by Gasteiger charge is -2.40. The number of ketones is 1. The number of nitrogens with zero attached hydrogens (tertiary/aromatic N) is 4. The number of halogens is 5. The number of aryl methyl sites for hydroxylation is 1. The molecule has 0 N–H and O–H groups in total. The normalized spacial score (nSPS) is 24.7. The average Bonchev–Trinajstić information content (AvgIpc) is 3.64. The van der Waals surface area contributed by atoms with Gasteiger partial charge in [0.15, 0.2) is 5.78 Å². The van der Waals surface area contributed by atoms with E-state index in [0.717, 1.165) is 41.4 Å². The molecule has 14 heteroatoms. The van der Waals surface area contributed by atoms with Crippen LogP contribution in [0.15, 0.2) is 35.2 Å². The molecule has 1 saturated carbocycles. The first-order chi connectivity index (χ1) is 18.3. The highest BCUT2D eigenvalue weighted by molar-refractivity contribution is 7.89. The van der Waals surface area contributed by atoms with Gasteiger partial charge in [0.2, 0.25) is 10.0 Å². The zero-order valence-electron chi connectivity index (χ0n) is 20.9. The Bertz CT molecular complexity index is 1330. The monoisotopic (exact) mass is 574 g/mol. The van der Waals surface area contributed by atoms with Crippen LogP contribution in [-0.4, -0.2) is 72.3 Å². The van der Waals surface area contributed by atoms with Crippen LogP contribution in [0.2, 0.25) is 0 Å². The number of sulfonamides is 1. The molecule has 5 rings (SSSR count). The van der Waals surface area contributed by atoms with Crippen molar-refractivity contribution in [1.29, 1.82) is 0 Å². The number of carbonyl (C=O) groups is 1. The molecule has 212 valence electrons. The summed E-state index contributed by atoms with van der Waals surface area (Å²) in [6.45, 7) is 1.40. The van der Waals surface area contributed by atoms with Gasteiger partial charge in [0.1, 0.15) is 29.7 Å². The molecule has 39 heavy (non-hydrogen) atoms. The summed E-state index contributed by atoms with van der Waals surface area (Å²) in [6, 6.07) is 3.41. The third-order valence-corrected chi connectivity index (χ3v) is 9.28. The van der Waals surface area contributed by atoms with Crippen LogP contribution < -0.4 is 4.90 Å². The molecular weight excluding hydrogens is 547 g/mol. The van der Waals surface area contributed by atoms with Crippen LogP contribution in [0.25, 0.3) is 0 Å². The van der Waals surface area contributed by atoms with E-state index in [4.69, 9.17) is 0 Å². The van der Waals surface area contributed by atoms with E-state index in [-0.39, 0.29) is 43.2 Å². The van der Waals surface area contributed by atoms with Crippen molar-refractivity contribution in [3.63, 3.8) is 0 Å². The van der Waals surface area contributed by atoms with Gasteiger partial charge in [0, 0.05) is 43.6 Å². The zero-order valence-corrected chi connectivity index (χ0v) is 21.8. The quantitative estimate of drug-likeness (QED) is 0.420. The highest BCUT2D eigenvalue weighted by Crippen LogP contribution is 2.39. The SMILES string of the molecule is C[C@H]1[C@H](F)C[C@@H](C(=O)CCc2cc(N3CC(OC(F)(F)F)C3)nc(C3CC3)n2)N1S(=O)(=O)c1ccc(F)cc1. The third kappa shape index (κ3) is 6.07. The first-order valence-corrected chi connectivity index (χ1v) is 14.1. The fraction of sp³-hybridized carbons (Fsp3) is 0.560. The van der Waals surface area contributed by atoms with Gasteiger partial charge in [-0.3, -0.25) is 9.53 Å². The summed E-state index contributed by atoms with van der Waals surface area (Å²) >= 11 is 0. The molecule has 8 nitrogen and oxygen atoms in total. The van der Waals surface area contributed by atoms with Crippen LogP contribution in [0, 0.1) is 5.82 Å². The Balaban J connectivity index is 1.30. The van der Waals surface area contributed by atoms with Crippen molar-refractivity contribution >= 4 is 21.6 Å². The van der Waals surface area contributed by atoms with Crippen LogP contribution >= 0.6 is 0 Å². The number of ether oxygens (including phenoxy) is 1. The molecule has 0 unspecified atom stereocenters. The largest absolute Gasteiger partial charge is 0.522 e. The van der Waals surface area contributed by atoms with Gasteiger partial charge in [-0.05, 0) is 50.5 Å². The summed E-state index contributed by atoms with van der Waals surface area (Å²) < 4.78 is 96.9. The number of anilines is 1. The van der Waals surface area contributed by atoms with Crippen molar-refractivity contribution < 1.29 is 39.9 Å². The Labute approximate surface area is 222 Å². The maximum Gasteiger partial charge on any atom is 0.522 e. The fourth-order valence-corrected chi connectivity index (χ4v) is 6.80. The Kier molecular flexibility index (Phi) is 7.40. The van der Waals surface area contributed by atoms with Crippen LogP contribution in [0.5, 0.6) is 0 Å². The number of alkyl halides is 4. The molecule has 1 aromatic heterocycles. The van der Waals surface area contributed by atoms with E-state index >= 15 is 0 Å². The lowest BCUT2D eigenvalue weighted by atomic mass is 10.0. The molecule has 3 atom stereocenters. The van der Waals surface area contributed by atoms with Crippen molar-refractivity contribution in [2.24, 2.45) is 0 Å². The van der Waals surface area contributed by atoms with Crippen LogP contribution in [0.4, 0.5) is 27.8 Å². The van der Waals surface area contributed by atoms with Crippen molar-refractivity contribution in [2.75, 3.05) is 18.0 Å². The number of hydrogen-bond donors (Lipinski definition) is 0. The van der Waals surface area contributed by atoms with E-state index in [1.807, 2.05) is 0 Å². The molecule has 2 aromatic rings. The fourth-order valence-electron chi connectivity index (χ4n) is 4.97. The van der Waals surface area contributed by atoms with E-state index in [0.29, 0.717) is 17.3 Å². The molecule has 2 aliphatic heterocycles. The lowest BCUT2D eigenvalue weighted by molar-refractivity contribution is -0.344. The molecule has 3 fully saturated rings. The smallest absolute Gasteiger partial charge is 0.351 e. The molecule has 3 aliphatic rings. The Morgan fingerprint density at radius 1 is 1.13 bits per heavy atom. The van der Waals surface area contributed by atoms with Gasteiger partial charge in [0.25, 0.3) is 0 Å². The van der Waals surface area contributed by atoms with E-state index in [9.17, 15) is 35.2 Å².